The average molecular weight is 448 g/mol. The number of benzene rings is 2. The van der Waals surface area contributed by atoms with Crippen LogP contribution >= 0.6 is 23.2 Å². The largest absolute Gasteiger partial charge is 0.434 e. The van der Waals surface area contributed by atoms with Crippen molar-refractivity contribution in [1.29, 1.82) is 0 Å². The van der Waals surface area contributed by atoms with Crippen LogP contribution in [0.15, 0.2) is 42.7 Å². The van der Waals surface area contributed by atoms with Gasteiger partial charge in [0.15, 0.2) is 0 Å². The first-order chi connectivity index (χ1) is 14.2. The lowest BCUT2D eigenvalue weighted by Gasteiger charge is -2.11. The highest BCUT2D eigenvalue weighted by atomic mass is 35.5. The van der Waals surface area contributed by atoms with E-state index in [0.717, 1.165) is 17.5 Å². The van der Waals surface area contributed by atoms with Crippen molar-refractivity contribution < 1.29 is 14.5 Å². The maximum atomic E-state index is 12.3. The molecule has 9 nitrogen and oxygen atoms in total. The normalized spacial score (nSPS) is 10.4. The predicted molar refractivity (Wildman–Crippen MR) is 112 cm³/mol. The number of nitrogens with one attached hydrogen (secondary N) is 2. The van der Waals surface area contributed by atoms with E-state index >= 15 is 0 Å². The number of rotatable bonds is 6. The SMILES string of the molecule is Cc1cc(C)cc(Oc2ncnc(NNC(=O)c3ccc(Cl)cc3Cl)c2[N+](=O)[O-])c1. The molecule has 0 spiro atoms. The van der Waals surface area contributed by atoms with Crippen molar-refractivity contribution in [1.82, 2.24) is 15.4 Å². The van der Waals surface area contributed by atoms with Gasteiger partial charge in [0.05, 0.1) is 15.5 Å². The van der Waals surface area contributed by atoms with E-state index < -0.39 is 16.5 Å². The summed E-state index contributed by atoms with van der Waals surface area (Å²) < 4.78 is 5.62. The molecular weight excluding hydrogens is 433 g/mol. The Morgan fingerprint density at radius 2 is 1.80 bits per heavy atom. The first-order valence-electron chi connectivity index (χ1n) is 8.51. The molecule has 0 atom stereocenters. The molecule has 2 aromatic carbocycles. The molecule has 30 heavy (non-hydrogen) atoms. The number of carbonyl (C=O) groups excluding carboxylic acids is 1. The lowest BCUT2D eigenvalue weighted by Crippen LogP contribution is -2.30. The molecule has 0 aliphatic rings. The molecule has 3 rings (SSSR count). The summed E-state index contributed by atoms with van der Waals surface area (Å²) in [4.78, 5) is 30.9. The summed E-state index contributed by atoms with van der Waals surface area (Å²) in [7, 11) is 0. The van der Waals surface area contributed by atoms with Gasteiger partial charge in [-0.1, -0.05) is 29.3 Å². The monoisotopic (exact) mass is 447 g/mol. The Hall–Kier alpha value is -3.43. The van der Waals surface area contributed by atoms with E-state index in [0.29, 0.717) is 10.8 Å². The van der Waals surface area contributed by atoms with Gasteiger partial charge < -0.3 is 4.74 Å². The van der Waals surface area contributed by atoms with Crippen molar-refractivity contribution >= 4 is 40.6 Å². The zero-order chi connectivity index (χ0) is 21.8. The van der Waals surface area contributed by atoms with Crippen LogP contribution in [-0.4, -0.2) is 20.8 Å². The average Bonchev–Trinajstić information content (AvgIpc) is 2.65. The zero-order valence-electron chi connectivity index (χ0n) is 15.8. The summed E-state index contributed by atoms with van der Waals surface area (Å²) >= 11 is 11.8. The van der Waals surface area contributed by atoms with Gasteiger partial charge in [-0.05, 0) is 55.3 Å². The van der Waals surface area contributed by atoms with Crippen LogP contribution in [0.5, 0.6) is 11.6 Å². The summed E-state index contributed by atoms with van der Waals surface area (Å²) in [5.41, 5.74) is 6.16. The Balaban J connectivity index is 1.85. The summed E-state index contributed by atoms with van der Waals surface area (Å²) in [5.74, 6) is -0.785. The predicted octanol–water partition coefficient (Wildman–Crippen LogP) is 4.86. The number of hydrazine groups is 1. The van der Waals surface area contributed by atoms with E-state index in [2.05, 4.69) is 20.8 Å². The van der Waals surface area contributed by atoms with Crippen LogP contribution in [-0.2, 0) is 0 Å². The Labute approximate surface area is 181 Å². The standard InChI is InChI=1S/C19H15Cl2N5O4/c1-10-5-11(2)7-13(6-10)30-19-16(26(28)29)17(22-9-23-19)24-25-18(27)14-4-3-12(20)8-15(14)21/h3-9H,1-2H3,(H,25,27)(H,22,23,24). The molecule has 0 aliphatic heterocycles. The van der Waals surface area contributed by atoms with Crippen LogP contribution in [0.25, 0.3) is 0 Å². The second-order valence-corrected chi connectivity index (χ2v) is 7.11. The molecule has 3 aromatic rings. The molecule has 0 bridgehead atoms. The highest BCUT2D eigenvalue weighted by Crippen LogP contribution is 2.34. The number of amides is 1. The Morgan fingerprint density at radius 1 is 1.10 bits per heavy atom. The number of hydrogen-bond acceptors (Lipinski definition) is 7. The number of hydrogen-bond donors (Lipinski definition) is 2. The highest BCUT2D eigenvalue weighted by molar-refractivity contribution is 6.36. The summed E-state index contributed by atoms with van der Waals surface area (Å²) in [6.45, 7) is 3.75. The molecule has 0 unspecified atom stereocenters. The van der Waals surface area contributed by atoms with Gasteiger partial charge in [0.25, 0.3) is 5.91 Å². The molecule has 0 fully saturated rings. The van der Waals surface area contributed by atoms with Crippen molar-refractivity contribution in [3.8, 4) is 11.6 Å². The molecule has 154 valence electrons. The van der Waals surface area contributed by atoms with Crippen molar-refractivity contribution in [2.45, 2.75) is 13.8 Å². The first-order valence-corrected chi connectivity index (χ1v) is 9.27. The fourth-order valence-corrected chi connectivity index (χ4v) is 3.15. The molecule has 1 amide bonds. The topological polar surface area (TPSA) is 119 Å². The van der Waals surface area contributed by atoms with Crippen LogP contribution in [0.4, 0.5) is 11.5 Å². The van der Waals surface area contributed by atoms with Gasteiger partial charge in [0.2, 0.25) is 5.82 Å². The number of anilines is 1. The Kier molecular flexibility index (Phi) is 6.34. The third-order valence-corrected chi connectivity index (χ3v) is 4.40. The highest BCUT2D eigenvalue weighted by Gasteiger charge is 2.26. The maximum Gasteiger partial charge on any atom is 0.374 e. The fraction of sp³-hybridized carbons (Fsp3) is 0.105. The second-order valence-electron chi connectivity index (χ2n) is 6.26. The lowest BCUT2D eigenvalue weighted by atomic mass is 10.1. The molecule has 11 heteroatoms. The van der Waals surface area contributed by atoms with Crippen LogP contribution in [0, 0.1) is 24.0 Å². The number of ether oxygens (including phenoxy) is 1. The van der Waals surface area contributed by atoms with Gasteiger partial charge in [-0.2, -0.15) is 4.98 Å². The molecular formula is C19H15Cl2N5O4. The van der Waals surface area contributed by atoms with Crippen LogP contribution in [0.2, 0.25) is 10.0 Å². The van der Waals surface area contributed by atoms with Gasteiger partial charge in [0.1, 0.15) is 12.1 Å². The Bertz CT molecular complexity index is 1120. The molecule has 0 radical (unpaired) electrons. The lowest BCUT2D eigenvalue weighted by molar-refractivity contribution is -0.385. The van der Waals surface area contributed by atoms with Crippen molar-refractivity contribution in [2.75, 3.05) is 5.43 Å². The van der Waals surface area contributed by atoms with Gasteiger partial charge in [0, 0.05) is 5.02 Å². The number of nitro groups is 1. The number of carbonyl (C=O) groups is 1. The summed E-state index contributed by atoms with van der Waals surface area (Å²) in [6, 6.07) is 9.69. The quantitative estimate of drug-likeness (QED) is 0.408. The molecule has 0 saturated carbocycles. The smallest absolute Gasteiger partial charge is 0.374 e. The molecule has 2 N–H and O–H groups in total. The minimum Gasteiger partial charge on any atom is -0.434 e. The van der Waals surface area contributed by atoms with Gasteiger partial charge in [-0.25, -0.2) is 4.98 Å². The minimum absolute atomic E-state index is 0.122. The molecule has 0 aliphatic carbocycles. The van der Waals surface area contributed by atoms with E-state index in [4.69, 9.17) is 27.9 Å². The van der Waals surface area contributed by atoms with Gasteiger partial charge >= 0.3 is 11.6 Å². The van der Waals surface area contributed by atoms with E-state index in [1.165, 1.54) is 18.2 Å². The molecule has 1 heterocycles. The third-order valence-electron chi connectivity index (χ3n) is 3.85. The summed E-state index contributed by atoms with van der Waals surface area (Å²) in [6.07, 6.45) is 1.08. The maximum absolute atomic E-state index is 12.3. The number of halogens is 2. The third kappa shape index (κ3) is 4.94. The number of nitrogens with zero attached hydrogens (tertiary/aromatic N) is 3. The van der Waals surface area contributed by atoms with Crippen LogP contribution < -0.4 is 15.6 Å². The summed E-state index contributed by atoms with van der Waals surface area (Å²) in [5, 5.41) is 12.1. The zero-order valence-corrected chi connectivity index (χ0v) is 17.3. The van der Waals surface area contributed by atoms with Crippen molar-refractivity contribution in [3.63, 3.8) is 0 Å². The van der Waals surface area contributed by atoms with Crippen LogP contribution in [0.3, 0.4) is 0 Å². The first kappa shape index (κ1) is 21.3. The van der Waals surface area contributed by atoms with E-state index in [-0.39, 0.29) is 22.3 Å². The second kappa shape index (κ2) is 8.93. The van der Waals surface area contributed by atoms with Crippen LogP contribution in [0.1, 0.15) is 21.5 Å². The number of aromatic nitrogens is 2. The number of aryl methyl sites for hydroxylation is 2. The molecule has 0 saturated heterocycles. The van der Waals surface area contributed by atoms with Crippen molar-refractivity contribution in [2.24, 2.45) is 0 Å². The van der Waals surface area contributed by atoms with E-state index in [1.54, 1.807) is 12.1 Å². The van der Waals surface area contributed by atoms with E-state index in [1.807, 2.05) is 19.9 Å². The fourth-order valence-electron chi connectivity index (χ4n) is 2.65. The minimum atomic E-state index is -0.707. The Morgan fingerprint density at radius 3 is 2.43 bits per heavy atom. The van der Waals surface area contributed by atoms with Crippen molar-refractivity contribution in [3.05, 3.63) is 79.6 Å². The van der Waals surface area contributed by atoms with Gasteiger partial charge in [-0.15, -0.1) is 0 Å². The molecule has 1 aromatic heterocycles. The van der Waals surface area contributed by atoms with Gasteiger partial charge in [-0.3, -0.25) is 25.8 Å². The van der Waals surface area contributed by atoms with E-state index in [9.17, 15) is 14.9 Å².